The van der Waals surface area contributed by atoms with Crippen LogP contribution in [0, 0.1) is 6.92 Å². The number of halogens is 1. The SMILES string of the molecule is CCNC(=NCCc1ccc(C)cc1)NC1CCN(CCOC)CC1.I. The molecule has 0 aromatic heterocycles. The molecule has 0 unspecified atom stereocenters. The minimum Gasteiger partial charge on any atom is -0.383 e. The largest absolute Gasteiger partial charge is 0.383 e. The summed E-state index contributed by atoms with van der Waals surface area (Å²) >= 11 is 0. The van der Waals surface area contributed by atoms with Crippen LogP contribution in [-0.4, -0.2) is 63.3 Å². The highest BCUT2D eigenvalue weighted by Gasteiger charge is 2.19. The van der Waals surface area contributed by atoms with Crippen molar-refractivity contribution in [1.29, 1.82) is 0 Å². The molecular formula is C20H35IN4O. The molecule has 6 heteroatoms. The number of ether oxygens (including phenoxy) is 1. The summed E-state index contributed by atoms with van der Waals surface area (Å²) in [5.41, 5.74) is 2.65. The quantitative estimate of drug-likeness (QED) is 0.346. The lowest BCUT2D eigenvalue weighted by Gasteiger charge is -2.32. The summed E-state index contributed by atoms with van der Waals surface area (Å²) in [7, 11) is 1.77. The lowest BCUT2D eigenvalue weighted by atomic mass is 10.1. The Kier molecular flexibility index (Phi) is 11.9. The molecule has 0 saturated carbocycles. The van der Waals surface area contributed by atoms with E-state index < -0.39 is 0 Å². The highest BCUT2D eigenvalue weighted by molar-refractivity contribution is 14.0. The Morgan fingerprint density at radius 1 is 1.23 bits per heavy atom. The van der Waals surface area contributed by atoms with Gasteiger partial charge in [-0.1, -0.05) is 29.8 Å². The summed E-state index contributed by atoms with van der Waals surface area (Å²) in [5.74, 6) is 0.949. The van der Waals surface area contributed by atoms with Crippen molar-refractivity contribution >= 4 is 29.9 Å². The van der Waals surface area contributed by atoms with E-state index in [1.54, 1.807) is 7.11 Å². The van der Waals surface area contributed by atoms with Crippen molar-refractivity contribution in [3.63, 3.8) is 0 Å². The van der Waals surface area contributed by atoms with Crippen LogP contribution in [0.4, 0.5) is 0 Å². The number of hydrogen-bond acceptors (Lipinski definition) is 3. The van der Waals surface area contributed by atoms with Gasteiger partial charge in [-0.15, -0.1) is 24.0 Å². The monoisotopic (exact) mass is 474 g/mol. The van der Waals surface area contributed by atoms with Gasteiger partial charge in [0, 0.05) is 45.9 Å². The molecule has 2 rings (SSSR count). The van der Waals surface area contributed by atoms with Gasteiger partial charge in [0.1, 0.15) is 0 Å². The summed E-state index contributed by atoms with van der Waals surface area (Å²) in [5, 5.41) is 6.99. The van der Waals surface area contributed by atoms with Gasteiger partial charge in [-0.05, 0) is 38.7 Å². The van der Waals surface area contributed by atoms with Crippen LogP contribution in [0.2, 0.25) is 0 Å². The Hall–Kier alpha value is -0.860. The normalized spacial score (nSPS) is 16.2. The van der Waals surface area contributed by atoms with E-state index in [9.17, 15) is 0 Å². The Morgan fingerprint density at radius 3 is 2.54 bits per heavy atom. The molecule has 1 aliphatic heterocycles. The maximum absolute atomic E-state index is 5.17. The number of nitrogens with one attached hydrogen (secondary N) is 2. The molecular weight excluding hydrogens is 439 g/mol. The maximum Gasteiger partial charge on any atom is 0.191 e. The van der Waals surface area contributed by atoms with Crippen molar-refractivity contribution < 1.29 is 4.74 Å². The van der Waals surface area contributed by atoms with Crippen LogP contribution in [0.25, 0.3) is 0 Å². The number of likely N-dealkylation sites (tertiary alicyclic amines) is 1. The predicted octanol–water partition coefficient (Wildman–Crippen LogP) is 2.82. The Morgan fingerprint density at radius 2 is 1.92 bits per heavy atom. The number of benzene rings is 1. The van der Waals surface area contributed by atoms with Crippen LogP contribution in [0.1, 0.15) is 30.9 Å². The van der Waals surface area contributed by atoms with Crippen LogP contribution in [0.15, 0.2) is 29.3 Å². The Bertz CT molecular complexity index is 513. The first-order valence-electron chi connectivity index (χ1n) is 9.53. The van der Waals surface area contributed by atoms with Gasteiger partial charge >= 0.3 is 0 Å². The Balaban J connectivity index is 0.00000338. The fourth-order valence-corrected chi connectivity index (χ4v) is 3.09. The molecule has 1 aliphatic rings. The van der Waals surface area contributed by atoms with E-state index in [0.29, 0.717) is 6.04 Å². The lowest BCUT2D eigenvalue weighted by Crippen LogP contribution is -2.49. The molecule has 2 N–H and O–H groups in total. The van der Waals surface area contributed by atoms with Gasteiger partial charge in [0.15, 0.2) is 5.96 Å². The van der Waals surface area contributed by atoms with Crippen molar-refractivity contribution in [2.75, 3.05) is 46.4 Å². The van der Waals surface area contributed by atoms with E-state index in [1.165, 1.54) is 11.1 Å². The zero-order chi connectivity index (χ0) is 17.9. The Labute approximate surface area is 176 Å². The number of methoxy groups -OCH3 is 1. The number of piperidine rings is 1. The molecule has 0 aliphatic carbocycles. The maximum atomic E-state index is 5.17. The van der Waals surface area contributed by atoms with Crippen molar-refractivity contribution in [2.24, 2.45) is 4.99 Å². The molecule has 0 spiro atoms. The van der Waals surface area contributed by atoms with Crippen LogP contribution < -0.4 is 10.6 Å². The third-order valence-electron chi connectivity index (χ3n) is 4.68. The fourth-order valence-electron chi connectivity index (χ4n) is 3.09. The van der Waals surface area contributed by atoms with E-state index in [2.05, 4.69) is 53.6 Å². The topological polar surface area (TPSA) is 48.9 Å². The van der Waals surface area contributed by atoms with Crippen LogP contribution in [0.5, 0.6) is 0 Å². The first-order valence-corrected chi connectivity index (χ1v) is 9.53. The van der Waals surface area contributed by atoms with E-state index in [0.717, 1.165) is 64.6 Å². The molecule has 0 bridgehead atoms. The third kappa shape index (κ3) is 8.68. The second kappa shape index (κ2) is 13.3. The van der Waals surface area contributed by atoms with E-state index in [1.807, 2.05) is 0 Å². The minimum absolute atomic E-state index is 0. The van der Waals surface area contributed by atoms with Gasteiger partial charge in [0.2, 0.25) is 0 Å². The standard InChI is InChI=1S/C20H34N4O.HI/c1-4-21-20(22-12-9-18-7-5-17(2)6-8-18)23-19-10-13-24(14-11-19)15-16-25-3;/h5-8,19H,4,9-16H2,1-3H3,(H2,21,22,23);1H. The molecule has 0 amide bonds. The van der Waals surface area contributed by atoms with Gasteiger partial charge < -0.3 is 20.3 Å². The van der Waals surface area contributed by atoms with Gasteiger partial charge in [-0.2, -0.15) is 0 Å². The van der Waals surface area contributed by atoms with Crippen LogP contribution in [0.3, 0.4) is 0 Å². The van der Waals surface area contributed by atoms with E-state index >= 15 is 0 Å². The van der Waals surface area contributed by atoms with Gasteiger partial charge in [0.25, 0.3) is 0 Å². The lowest BCUT2D eigenvalue weighted by molar-refractivity contribution is 0.128. The fraction of sp³-hybridized carbons (Fsp3) is 0.650. The highest BCUT2D eigenvalue weighted by Crippen LogP contribution is 2.10. The number of aryl methyl sites for hydroxylation is 1. The van der Waals surface area contributed by atoms with Crippen molar-refractivity contribution in [1.82, 2.24) is 15.5 Å². The van der Waals surface area contributed by atoms with Gasteiger partial charge in [0.05, 0.1) is 6.61 Å². The molecule has 1 heterocycles. The summed E-state index contributed by atoms with van der Waals surface area (Å²) in [6.45, 7) is 10.1. The predicted molar refractivity (Wildman–Crippen MR) is 121 cm³/mol. The van der Waals surface area contributed by atoms with Gasteiger partial charge in [-0.25, -0.2) is 0 Å². The van der Waals surface area contributed by atoms with Crippen LogP contribution in [-0.2, 0) is 11.2 Å². The molecule has 1 aromatic carbocycles. The third-order valence-corrected chi connectivity index (χ3v) is 4.68. The zero-order valence-electron chi connectivity index (χ0n) is 16.5. The number of rotatable bonds is 8. The highest BCUT2D eigenvalue weighted by atomic mass is 127. The minimum atomic E-state index is 0. The number of guanidine groups is 1. The molecule has 1 fully saturated rings. The van der Waals surface area contributed by atoms with Crippen molar-refractivity contribution in [3.8, 4) is 0 Å². The summed E-state index contributed by atoms with van der Waals surface area (Å²) in [6.07, 6.45) is 3.30. The second-order valence-electron chi connectivity index (χ2n) is 6.75. The van der Waals surface area contributed by atoms with Crippen molar-refractivity contribution in [2.45, 2.75) is 39.2 Å². The van der Waals surface area contributed by atoms with Crippen LogP contribution >= 0.6 is 24.0 Å². The summed E-state index contributed by atoms with van der Waals surface area (Å²) in [4.78, 5) is 7.23. The van der Waals surface area contributed by atoms with E-state index in [-0.39, 0.29) is 24.0 Å². The molecule has 0 atom stereocenters. The summed E-state index contributed by atoms with van der Waals surface area (Å²) in [6, 6.07) is 9.23. The smallest absolute Gasteiger partial charge is 0.191 e. The first-order chi connectivity index (χ1) is 12.2. The molecule has 26 heavy (non-hydrogen) atoms. The van der Waals surface area contributed by atoms with E-state index in [4.69, 9.17) is 9.73 Å². The zero-order valence-corrected chi connectivity index (χ0v) is 18.8. The van der Waals surface area contributed by atoms with Crippen molar-refractivity contribution in [3.05, 3.63) is 35.4 Å². The number of hydrogen-bond donors (Lipinski definition) is 2. The summed E-state index contributed by atoms with van der Waals surface area (Å²) < 4.78 is 5.17. The number of aliphatic imine (C=N–C) groups is 1. The van der Waals surface area contributed by atoms with Gasteiger partial charge in [-0.3, -0.25) is 4.99 Å². The molecule has 5 nitrogen and oxygen atoms in total. The molecule has 1 aromatic rings. The first kappa shape index (κ1) is 23.2. The average Bonchev–Trinajstić information content (AvgIpc) is 2.63. The average molecular weight is 474 g/mol. The molecule has 148 valence electrons. The second-order valence-corrected chi connectivity index (χ2v) is 6.75. The molecule has 1 saturated heterocycles. The molecule has 0 radical (unpaired) electrons. The number of nitrogens with zero attached hydrogens (tertiary/aromatic N) is 2.